The number of carbonyl (C=O) groups excluding carboxylic acids is 2. The van der Waals surface area contributed by atoms with Crippen molar-refractivity contribution in [3.8, 4) is 11.5 Å². The number of ether oxygens (including phenoxy) is 2. The van der Waals surface area contributed by atoms with E-state index >= 15 is 0 Å². The first kappa shape index (κ1) is 22.7. The van der Waals surface area contributed by atoms with E-state index in [2.05, 4.69) is 16.0 Å². The summed E-state index contributed by atoms with van der Waals surface area (Å²) in [6.07, 6.45) is 0.219. The molecule has 3 aromatic rings. The fourth-order valence-electron chi connectivity index (χ4n) is 3.21. The molecule has 0 bridgehead atoms. The molecule has 0 radical (unpaired) electrons. The predicted octanol–water partition coefficient (Wildman–Crippen LogP) is 4.52. The molecule has 0 unspecified atom stereocenters. The van der Waals surface area contributed by atoms with Crippen molar-refractivity contribution in [1.82, 2.24) is 5.32 Å². The maximum Gasteiger partial charge on any atom is 0.323 e. The number of urea groups is 1. The van der Waals surface area contributed by atoms with Crippen LogP contribution in [0.3, 0.4) is 0 Å². The Kier molecular flexibility index (Phi) is 7.70. The number of hydrogen-bond acceptors (Lipinski definition) is 4. The van der Waals surface area contributed by atoms with Crippen LogP contribution in [0.4, 0.5) is 16.2 Å². The molecular weight excluding hydrogens is 406 g/mol. The van der Waals surface area contributed by atoms with Gasteiger partial charge in [-0.1, -0.05) is 30.3 Å². The zero-order chi connectivity index (χ0) is 22.9. The van der Waals surface area contributed by atoms with Crippen molar-refractivity contribution in [1.29, 1.82) is 0 Å². The van der Waals surface area contributed by atoms with Crippen molar-refractivity contribution in [2.45, 2.75) is 19.9 Å². The molecule has 0 saturated heterocycles. The van der Waals surface area contributed by atoms with E-state index in [-0.39, 0.29) is 18.4 Å². The zero-order valence-electron chi connectivity index (χ0n) is 18.4. The smallest absolute Gasteiger partial charge is 0.323 e. The summed E-state index contributed by atoms with van der Waals surface area (Å²) < 4.78 is 10.5. The number of rotatable bonds is 8. The van der Waals surface area contributed by atoms with Gasteiger partial charge in [0.1, 0.15) is 0 Å². The van der Waals surface area contributed by atoms with Crippen LogP contribution in [0.2, 0.25) is 0 Å². The fraction of sp³-hybridized carbons (Fsp3) is 0.200. The molecule has 0 aliphatic rings. The molecule has 0 fully saturated rings. The SMILES string of the molecule is COc1ccc(CC(=O)NCc2cccc(NC(=O)Nc3cccc(C)c3)c2)cc1OC. The van der Waals surface area contributed by atoms with Crippen molar-refractivity contribution in [3.05, 3.63) is 83.4 Å². The van der Waals surface area contributed by atoms with E-state index in [4.69, 9.17) is 9.47 Å². The summed E-state index contributed by atoms with van der Waals surface area (Å²) in [4.78, 5) is 24.6. The standard InChI is InChI=1S/C25H27N3O4/c1-17-6-4-8-20(12-17)27-25(30)28-21-9-5-7-19(13-21)16-26-24(29)15-18-10-11-22(31-2)23(14-18)32-3/h4-14H,15-16H2,1-3H3,(H,26,29)(H2,27,28,30). The van der Waals surface area contributed by atoms with Crippen LogP contribution in [-0.2, 0) is 17.8 Å². The van der Waals surface area contributed by atoms with Crippen LogP contribution in [-0.4, -0.2) is 26.2 Å². The minimum Gasteiger partial charge on any atom is -0.493 e. The molecule has 3 amide bonds. The largest absolute Gasteiger partial charge is 0.493 e. The van der Waals surface area contributed by atoms with E-state index in [0.29, 0.717) is 23.7 Å². The quantitative estimate of drug-likeness (QED) is 0.488. The summed E-state index contributed by atoms with van der Waals surface area (Å²) in [6, 6.07) is 20.0. The lowest BCUT2D eigenvalue weighted by molar-refractivity contribution is -0.120. The maximum atomic E-state index is 12.4. The lowest BCUT2D eigenvalue weighted by atomic mass is 10.1. The van der Waals surface area contributed by atoms with Crippen LogP contribution in [0.5, 0.6) is 11.5 Å². The van der Waals surface area contributed by atoms with E-state index in [1.807, 2.05) is 55.5 Å². The Balaban J connectivity index is 1.53. The topological polar surface area (TPSA) is 88.7 Å². The third-order valence-electron chi connectivity index (χ3n) is 4.76. The number of hydrogen-bond donors (Lipinski definition) is 3. The minimum absolute atomic E-state index is 0.118. The first-order chi connectivity index (χ1) is 15.5. The summed E-state index contributed by atoms with van der Waals surface area (Å²) in [5.41, 5.74) is 4.12. The highest BCUT2D eigenvalue weighted by Crippen LogP contribution is 2.27. The summed E-state index contributed by atoms with van der Waals surface area (Å²) in [7, 11) is 3.13. The van der Waals surface area contributed by atoms with Gasteiger partial charge in [-0.25, -0.2) is 4.79 Å². The molecular formula is C25H27N3O4. The molecule has 3 N–H and O–H groups in total. The van der Waals surface area contributed by atoms with Crippen molar-refractivity contribution in [2.24, 2.45) is 0 Å². The number of amides is 3. The molecule has 0 atom stereocenters. The number of aryl methyl sites for hydroxylation is 1. The first-order valence-corrected chi connectivity index (χ1v) is 10.2. The minimum atomic E-state index is -0.328. The van der Waals surface area contributed by atoms with Crippen molar-refractivity contribution in [3.63, 3.8) is 0 Å². The first-order valence-electron chi connectivity index (χ1n) is 10.2. The molecule has 0 spiro atoms. The Morgan fingerprint density at radius 2 is 1.47 bits per heavy atom. The number of anilines is 2. The third-order valence-corrected chi connectivity index (χ3v) is 4.76. The Hall–Kier alpha value is -4.00. The average molecular weight is 434 g/mol. The van der Waals surface area contributed by atoms with Gasteiger partial charge in [-0.15, -0.1) is 0 Å². The molecule has 0 saturated carbocycles. The van der Waals surface area contributed by atoms with Gasteiger partial charge in [0.05, 0.1) is 20.6 Å². The summed E-state index contributed by atoms with van der Waals surface area (Å²) in [5, 5.41) is 8.52. The highest BCUT2D eigenvalue weighted by atomic mass is 16.5. The normalized spacial score (nSPS) is 10.2. The van der Waals surface area contributed by atoms with Gasteiger partial charge in [0, 0.05) is 17.9 Å². The fourth-order valence-corrected chi connectivity index (χ4v) is 3.21. The molecule has 0 aliphatic heterocycles. The van der Waals surface area contributed by atoms with Gasteiger partial charge in [-0.05, 0) is 60.0 Å². The molecule has 0 aromatic heterocycles. The Bertz CT molecular complexity index is 1100. The van der Waals surface area contributed by atoms with Crippen molar-refractivity contribution in [2.75, 3.05) is 24.9 Å². The van der Waals surface area contributed by atoms with Crippen LogP contribution in [0.25, 0.3) is 0 Å². The molecule has 7 nitrogen and oxygen atoms in total. The molecule has 166 valence electrons. The second-order valence-corrected chi connectivity index (χ2v) is 7.29. The second kappa shape index (κ2) is 10.9. The average Bonchev–Trinajstić information content (AvgIpc) is 2.78. The summed E-state index contributed by atoms with van der Waals surface area (Å²) >= 11 is 0. The van der Waals surface area contributed by atoms with Crippen LogP contribution < -0.4 is 25.4 Å². The number of carbonyl (C=O) groups is 2. The lowest BCUT2D eigenvalue weighted by Crippen LogP contribution is -2.24. The van der Waals surface area contributed by atoms with E-state index in [1.165, 1.54) is 0 Å². The van der Waals surface area contributed by atoms with Gasteiger partial charge in [-0.3, -0.25) is 4.79 Å². The summed E-state index contributed by atoms with van der Waals surface area (Å²) in [5.74, 6) is 1.08. The zero-order valence-corrected chi connectivity index (χ0v) is 18.4. The maximum absolute atomic E-state index is 12.4. The van der Waals surface area contributed by atoms with Crippen LogP contribution >= 0.6 is 0 Å². The van der Waals surface area contributed by atoms with Gasteiger partial charge in [0.25, 0.3) is 0 Å². The van der Waals surface area contributed by atoms with Crippen molar-refractivity contribution < 1.29 is 19.1 Å². The van der Waals surface area contributed by atoms with E-state index in [1.54, 1.807) is 32.4 Å². The van der Waals surface area contributed by atoms with Crippen molar-refractivity contribution >= 4 is 23.3 Å². The highest BCUT2D eigenvalue weighted by molar-refractivity contribution is 5.99. The molecule has 7 heteroatoms. The molecule has 32 heavy (non-hydrogen) atoms. The predicted molar refractivity (Wildman–Crippen MR) is 125 cm³/mol. The van der Waals surface area contributed by atoms with Crippen LogP contribution in [0.1, 0.15) is 16.7 Å². The number of benzene rings is 3. The van der Waals surface area contributed by atoms with Crippen LogP contribution in [0.15, 0.2) is 66.7 Å². The highest BCUT2D eigenvalue weighted by Gasteiger charge is 2.09. The molecule has 0 aliphatic carbocycles. The third kappa shape index (κ3) is 6.50. The van der Waals surface area contributed by atoms with E-state index in [9.17, 15) is 9.59 Å². The molecule has 3 aromatic carbocycles. The van der Waals surface area contributed by atoms with Gasteiger partial charge >= 0.3 is 6.03 Å². The number of nitrogens with one attached hydrogen (secondary N) is 3. The Morgan fingerprint density at radius 1 is 0.781 bits per heavy atom. The summed E-state index contributed by atoms with van der Waals surface area (Å²) in [6.45, 7) is 2.31. The Morgan fingerprint density at radius 3 is 2.16 bits per heavy atom. The van der Waals surface area contributed by atoms with Gasteiger partial charge in [0.15, 0.2) is 11.5 Å². The lowest BCUT2D eigenvalue weighted by Gasteiger charge is -2.11. The van der Waals surface area contributed by atoms with Gasteiger partial charge in [-0.2, -0.15) is 0 Å². The van der Waals surface area contributed by atoms with Crippen LogP contribution in [0, 0.1) is 6.92 Å². The monoisotopic (exact) mass is 433 g/mol. The molecule has 0 heterocycles. The molecule has 3 rings (SSSR count). The number of methoxy groups -OCH3 is 2. The van der Waals surface area contributed by atoms with E-state index in [0.717, 1.165) is 22.4 Å². The Labute approximate surface area is 187 Å². The van der Waals surface area contributed by atoms with Gasteiger partial charge in [0.2, 0.25) is 5.91 Å². The second-order valence-electron chi connectivity index (χ2n) is 7.29. The van der Waals surface area contributed by atoms with E-state index < -0.39 is 0 Å². The van der Waals surface area contributed by atoms with Gasteiger partial charge < -0.3 is 25.4 Å².